The van der Waals surface area contributed by atoms with Crippen LogP contribution in [0.3, 0.4) is 0 Å². The Morgan fingerprint density at radius 1 is 1.62 bits per heavy atom. The maximum atomic E-state index is 10.5. The Labute approximate surface area is 88.6 Å². The average molecular weight is 290 g/mol. The van der Waals surface area contributed by atoms with Gasteiger partial charge in [0.25, 0.3) is 5.69 Å². The molecule has 5 heteroatoms. The predicted molar refractivity (Wildman–Crippen MR) is 58.3 cm³/mol. The Hall–Kier alpha value is -0.850. The van der Waals surface area contributed by atoms with E-state index in [1.807, 2.05) is 0 Å². The molecule has 1 aromatic carbocycles. The number of halogens is 1. The molecule has 0 radical (unpaired) electrons. The number of rotatable bonds is 1. The van der Waals surface area contributed by atoms with Crippen LogP contribution < -0.4 is 5.32 Å². The first-order valence-corrected chi connectivity index (χ1v) is 5.09. The smallest absolute Gasteiger partial charge is 0.269 e. The van der Waals surface area contributed by atoms with Crippen molar-refractivity contribution in [2.75, 3.05) is 11.9 Å². The van der Waals surface area contributed by atoms with E-state index in [1.54, 1.807) is 12.1 Å². The van der Waals surface area contributed by atoms with E-state index in [1.165, 1.54) is 6.07 Å². The third-order valence-corrected chi connectivity index (χ3v) is 3.17. The average Bonchev–Trinajstić information content (AvgIpc) is 2.47. The lowest BCUT2D eigenvalue weighted by molar-refractivity contribution is -0.384. The minimum Gasteiger partial charge on any atom is -0.383 e. The molecule has 4 nitrogen and oxygen atoms in total. The Bertz CT molecular complexity index is 367. The van der Waals surface area contributed by atoms with E-state index >= 15 is 0 Å². The SMILES string of the molecule is O=[N+]([O-])c1ccc2c(c1)C(I)CN2. The van der Waals surface area contributed by atoms with Crippen LogP contribution in [0.15, 0.2) is 18.2 Å². The molecule has 68 valence electrons. The number of hydrogen-bond donors (Lipinski definition) is 1. The van der Waals surface area contributed by atoms with Crippen LogP contribution in [0, 0.1) is 10.1 Å². The van der Waals surface area contributed by atoms with Crippen molar-refractivity contribution >= 4 is 34.0 Å². The van der Waals surface area contributed by atoms with E-state index in [9.17, 15) is 10.1 Å². The Morgan fingerprint density at radius 3 is 3.08 bits per heavy atom. The molecule has 2 rings (SSSR count). The molecule has 0 saturated heterocycles. The second-order valence-electron chi connectivity index (χ2n) is 2.88. The summed E-state index contributed by atoms with van der Waals surface area (Å²) >= 11 is 2.28. The fraction of sp³-hybridized carbons (Fsp3) is 0.250. The monoisotopic (exact) mass is 290 g/mol. The van der Waals surface area contributed by atoms with Crippen LogP contribution in [0.2, 0.25) is 0 Å². The van der Waals surface area contributed by atoms with Gasteiger partial charge in [0.05, 0.1) is 8.85 Å². The zero-order valence-corrected chi connectivity index (χ0v) is 8.82. The summed E-state index contributed by atoms with van der Waals surface area (Å²) in [6.07, 6.45) is 0. The van der Waals surface area contributed by atoms with E-state index in [2.05, 4.69) is 27.9 Å². The highest BCUT2D eigenvalue weighted by atomic mass is 127. The maximum absolute atomic E-state index is 10.5. The molecular formula is C8H7IN2O2. The number of benzene rings is 1. The summed E-state index contributed by atoms with van der Waals surface area (Å²) in [7, 11) is 0. The normalized spacial score (nSPS) is 19.3. The summed E-state index contributed by atoms with van der Waals surface area (Å²) in [5.74, 6) is 0. The molecule has 1 heterocycles. The summed E-state index contributed by atoms with van der Waals surface area (Å²) < 4.78 is 0.340. The molecule has 0 fully saturated rings. The van der Waals surface area contributed by atoms with Crippen LogP contribution in [0.25, 0.3) is 0 Å². The molecule has 0 bridgehead atoms. The minimum absolute atomic E-state index is 0.170. The highest BCUT2D eigenvalue weighted by Gasteiger charge is 2.21. The predicted octanol–water partition coefficient (Wildman–Crippen LogP) is 2.50. The van der Waals surface area contributed by atoms with Gasteiger partial charge in [0.1, 0.15) is 0 Å². The highest BCUT2D eigenvalue weighted by Crippen LogP contribution is 2.37. The van der Waals surface area contributed by atoms with Gasteiger partial charge in [0, 0.05) is 24.4 Å². The quantitative estimate of drug-likeness (QED) is 0.374. The number of nitro benzene ring substituents is 1. The summed E-state index contributed by atoms with van der Waals surface area (Å²) in [6.45, 7) is 0.858. The van der Waals surface area contributed by atoms with E-state index in [0.717, 1.165) is 17.8 Å². The number of alkyl halides is 1. The zero-order chi connectivity index (χ0) is 9.42. The van der Waals surface area contributed by atoms with E-state index in [4.69, 9.17) is 0 Å². The summed E-state index contributed by atoms with van der Waals surface area (Å²) in [5, 5.41) is 13.7. The summed E-state index contributed by atoms with van der Waals surface area (Å²) in [5.41, 5.74) is 2.23. The maximum Gasteiger partial charge on any atom is 0.269 e. The molecule has 0 aliphatic carbocycles. The lowest BCUT2D eigenvalue weighted by atomic mass is 10.1. The van der Waals surface area contributed by atoms with Crippen molar-refractivity contribution in [2.45, 2.75) is 3.92 Å². The number of fused-ring (bicyclic) bond motifs is 1. The molecule has 0 spiro atoms. The molecule has 13 heavy (non-hydrogen) atoms. The van der Waals surface area contributed by atoms with Gasteiger partial charge in [-0.1, -0.05) is 22.6 Å². The number of non-ortho nitro benzene ring substituents is 1. The number of nitro groups is 1. The first kappa shape index (κ1) is 8.74. The third kappa shape index (κ3) is 1.48. The molecule has 1 aromatic rings. The lowest BCUT2D eigenvalue weighted by Crippen LogP contribution is -1.93. The summed E-state index contributed by atoms with van der Waals surface area (Å²) in [4.78, 5) is 10.1. The van der Waals surface area contributed by atoms with Gasteiger partial charge < -0.3 is 5.32 Å². The Kier molecular flexibility index (Phi) is 2.10. The van der Waals surface area contributed by atoms with Crippen molar-refractivity contribution < 1.29 is 4.92 Å². The number of nitrogens with zero attached hydrogens (tertiary/aromatic N) is 1. The number of nitrogens with one attached hydrogen (secondary N) is 1. The second-order valence-corrected chi connectivity index (χ2v) is 4.38. The molecule has 1 aliphatic rings. The molecule has 0 amide bonds. The van der Waals surface area contributed by atoms with Crippen molar-refractivity contribution in [2.24, 2.45) is 0 Å². The fourth-order valence-electron chi connectivity index (χ4n) is 1.39. The largest absolute Gasteiger partial charge is 0.383 e. The van der Waals surface area contributed by atoms with Crippen molar-refractivity contribution in [3.63, 3.8) is 0 Å². The number of hydrogen-bond acceptors (Lipinski definition) is 3. The molecule has 1 N–H and O–H groups in total. The van der Waals surface area contributed by atoms with Crippen LogP contribution >= 0.6 is 22.6 Å². The first-order chi connectivity index (χ1) is 6.18. The second kappa shape index (κ2) is 3.13. The van der Waals surface area contributed by atoms with Crippen LogP contribution in [-0.4, -0.2) is 11.5 Å². The van der Waals surface area contributed by atoms with Gasteiger partial charge in [0.2, 0.25) is 0 Å². The molecule has 0 aromatic heterocycles. The Balaban J connectivity index is 2.47. The molecule has 1 aliphatic heterocycles. The van der Waals surface area contributed by atoms with Crippen LogP contribution in [0.1, 0.15) is 9.49 Å². The van der Waals surface area contributed by atoms with Gasteiger partial charge in [-0.05, 0) is 11.6 Å². The highest BCUT2D eigenvalue weighted by molar-refractivity contribution is 14.1. The van der Waals surface area contributed by atoms with E-state index in [0.29, 0.717) is 3.92 Å². The van der Waals surface area contributed by atoms with Crippen molar-refractivity contribution in [3.8, 4) is 0 Å². The zero-order valence-electron chi connectivity index (χ0n) is 6.66. The van der Waals surface area contributed by atoms with Crippen LogP contribution in [0.4, 0.5) is 11.4 Å². The van der Waals surface area contributed by atoms with E-state index in [-0.39, 0.29) is 10.6 Å². The minimum atomic E-state index is -0.359. The Morgan fingerprint density at radius 2 is 2.38 bits per heavy atom. The van der Waals surface area contributed by atoms with Crippen LogP contribution in [-0.2, 0) is 0 Å². The lowest BCUT2D eigenvalue weighted by Gasteiger charge is -1.99. The fourth-order valence-corrected chi connectivity index (χ4v) is 2.13. The van der Waals surface area contributed by atoms with E-state index < -0.39 is 0 Å². The number of anilines is 1. The first-order valence-electron chi connectivity index (χ1n) is 3.85. The van der Waals surface area contributed by atoms with Gasteiger partial charge in [-0.2, -0.15) is 0 Å². The van der Waals surface area contributed by atoms with Gasteiger partial charge in [-0.25, -0.2) is 0 Å². The van der Waals surface area contributed by atoms with Gasteiger partial charge >= 0.3 is 0 Å². The topological polar surface area (TPSA) is 55.2 Å². The molecule has 1 atom stereocenters. The van der Waals surface area contributed by atoms with Crippen molar-refractivity contribution in [1.82, 2.24) is 0 Å². The van der Waals surface area contributed by atoms with Gasteiger partial charge in [-0.15, -0.1) is 0 Å². The standard InChI is InChI=1S/C8H7IN2O2/c9-7-4-10-8-2-1-5(11(12)13)3-6(7)8/h1-3,7,10H,4H2. The third-order valence-electron chi connectivity index (χ3n) is 2.06. The van der Waals surface area contributed by atoms with Gasteiger partial charge in [-0.3, -0.25) is 10.1 Å². The van der Waals surface area contributed by atoms with Gasteiger partial charge in [0.15, 0.2) is 0 Å². The molecule has 1 unspecified atom stereocenters. The van der Waals surface area contributed by atoms with Crippen LogP contribution in [0.5, 0.6) is 0 Å². The molecular weight excluding hydrogens is 283 g/mol. The van der Waals surface area contributed by atoms with Crippen molar-refractivity contribution in [3.05, 3.63) is 33.9 Å². The summed E-state index contributed by atoms with van der Waals surface area (Å²) in [6, 6.07) is 4.94. The van der Waals surface area contributed by atoms with Crippen molar-refractivity contribution in [1.29, 1.82) is 0 Å². The molecule has 0 saturated carbocycles.